The van der Waals surface area contributed by atoms with Crippen LogP contribution in [0.25, 0.3) is 5.57 Å². The van der Waals surface area contributed by atoms with E-state index in [4.69, 9.17) is 32.5 Å². The minimum atomic E-state index is -0.260. The number of nitrogens with two attached hydrogens (primary N) is 1. The second-order valence-corrected chi connectivity index (χ2v) is 11.9. The van der Waals surface area contributed by atoms with Crippen LogP contribution in [-0.4, -0.2) is 54.3 Å². The van der Waals surface area contributed by atoms with E-state index in [1.165, 1.54) is 11.8 Å². The number of ether oxygens (including phenoxy) is 1. The van der Waals surface area contributed by atoms with Gasteiger partial charge in [0, 0.05) is 58.7 Å². The van der Waals surface area contributed by atoms with Crippen molar-refractivity contribution in [1.82, 2.24) is 10.2 Å². The van der Waals surface area contributed by atoms with Gasteiger partial charge in [-0.25, -0.2) is 4.99 Å². The molecule has 2 aromatic carbocycles. The highest BCUT2D eigenvalue weighted by atomic mass is 35.5. The standard InChI is InChI=1S/C29H31ClN6O2S2/c30-21-7-3-20(4-8-21)28-34-22(17-39-28)18-40-29-25(16-32)26(19-5-9-23(10-6-19)38-14-11-33-37)24(15-31)27(35-29)36-12-1-2-13-36/h3-10,15-17,28-29,32,34H,1-2,11-14,18,31H2. The average molecular weight is 595 g/mol. The van der Waals surface area contributed by atoms with Gasteiger partial charge in [0.15, 0.2) is 0 Å². The molecule has 40 heavy (non-hydrogen) atoms. The van der Waals surface area contributed by atoms with Crippen LogP contribution < -0.4 is 15.8 Å². The van der Waals surface area contributed by atoms with Crippen molar-refractivity contribution in [2.24, 2.45) is 15.9 Å². The zero-order valence-electron chi connectivity index (χ0n) is 21.9. The first-order chi connectivity index (χ1) is 19.6. The Hall–Kier alpha value is -3.21. The van der Waals surface area contributed by atoms with E-state index in [-0.39, 0.29) is 23.9 Å². The zero-order valence-corrected chi connectivity index (χ0v) is 24.3. The summed E-state index contributed by atoms with van der Waals surface area (Å²) >= 11 is 9.50. The largest absolute Gasteiger partial charge is 0.492 e. The Morgan fingerprint density at radius 1 is 1.20 bits per heavy atom. The molecule has 0 radical (unpaired) electrons. The summed E-state index contributed by atoms with van der Waals surface area (Å²) in [6.45, 7) is 2.20. The molecule has 0 spiro atoms. The average Bonchev–Trinajstić information content (AvgIpc) is 3.69. The number of hydrogen-bond acceptors (Lipinski definition) is 10. The first kappa shape index (κ1) is 28.3. The summed E-state index contributed by atoms with van der Waals surface area (Å²) in [6, 6.07) is 15.6. The number of thioether (sulfide) groups is 2. The first-order valence-electron chi connectivity index (χ1n) is 13.1. The summed E-state index contributed by atoms with van der Waals surface area (Å²) < 4.78 is 5.61. The van der Waals surface area contributed by atoms with Crippen LogP contribution in [0.4, 0.5) is 0 Å². The smallest absolute Gasteiger partial charge is 0.134 e. The predicted octanol–water partition coefficient (Wildman–Crippen LogP) is 6.17. The van der Waals surface area contributed by atoms with E-state index in [0.717, 1.165) is 70.5 Å². The van der Waals surface area contributed by atoms with Crippen molar-refractivity contribution in [3.8, 4) is 5.75 Å². The van der Waals surface area contributed by atoms with E-state index >= 15 is 0 Å². The van der Waals surface area contributed by atoms with Gasteiger partial charge in [0.2, 0.25) is 0 Å². The lowest BCUT2D eigenvalue weighted by molar-refractivity contribution is 0.328. The van der Waals surface area contributed by atoms with Gasteiger partial charge in [0.05, 0.1) is 0 Å². The Morgan fingerprint density at radius 2 is 1.95 bits per heavy atom. The Morgan fingerprint density at radius 3 is 2.62 bits per heavy atom. The van der Waals surface area contributed by atoms with Crippen molar-refractivity contribution < 1.29 is 4.74 Å². The lowest BCUT2D eigenvalue weighted by Crippen LogP contribution is -2.35. The molecule has 3 heterocycles. The SMILES string of the molecule is N=CC1=C(c2ccc(OCCN=O)cc2)C(=CN)C(N2CCCC2)=NC1SCC1=CSC(c2ccc(Cl)cc2)N1. The van der Waals surface area contributed by atoms with Gasteiger partial charge in [-0.05, 0) is 53.6 Å². The maximum atomic E-state index is 10.4. The van der Waals surface area contributed by atoms with Crippen molar-refractivity contribution in [1.29, 1.82) is 5.41 Å². The van der Waals surface area contributed by atoms with Gasteiger partial charge in [-0.15, -0.1) is 23.5 Å². The predicted molar refractivity (Wildman–Crippen MR) is 168 cm³/mol. The molecule has 3 aliphatic heterocycles. The summed E-state index contributed by atoms with van der Waals surface area (Å²) in [7, 11) is 0. The quantitative estimate of drug-likeness (QED) is 0.171. The number of nitrogens with zero attached hydrogens (tertiary/aromatic N) is 3. The number of dihydropyridines is 1. The van der Waals surface area contributed by atoms with Crippen molar-refractivity contribution in [3.63, 3.8) is 0 Å². The van der Waals surface area contributed by atoms with Gasteiger partial charge in [0.25, 0.3) is 0 Å². The van der Waals surface area contributed by atoms with Crippen LogP contribution in [0, 0.1) is 10.3 Å². The third kappa shape index (κ3) is 6.40. The summed E-state index contributed by atoms with van der Waals surface area (Å²) in [5.41, 5.74) is 12.0. The molecule has 0 bridgehead atoms. The molecule has 8 nitrogen and oxygen atoms in total. The minimum Gasteiger partial charge on any atom is -0.492 e. The fourth-order valence-electron chi connectivity index (χ4n) is 4.92. The van der Waals surface area contributed by atoms with Crippen molar-refractivity contribution >= 4 is 52.7 Å². The number of benzene rings is 2. The molecule has 2 atom stereocenters. The summed E-state index contributed by atoms with van der Waals surface area (Å²) in [6.07, 6.45) is 5.26. The highest BCUT2D eigenvalue weighted by molar-refractivity contribution is 8.03. The summed E-state index contributed by atoms with van der Waals surface area (Å²) in [5.74, 6) is 2.27. The Balaban J connectivity index is 1.39. The van der Waals surface area contributed by atoms with Crippen LogP contribution in [0.2, 0.25) is 5.02 Å². The first-order valence-corrected chi connectivity index (χ1v) is 15.5. The fraction of sp³-hybridized carbons (Fsp3) is 0.310. The number of rotatable bonds is 10. The van der Waals surface area contributed by atoms with E-state index in [9.17, 15) is 4.91 Å². The maximum Gasteiger partial charge on any atom is 0.134 e. The molecule has 1 fully saturated rings. The normalized spacial score (nSPS) is 21.7. The number of hydrogen-bond donors (Lipinski definition) is 3. The molecule has 5 rings (SSSR count). The topological polar surface area (TPSA) is 116 Å². The molecule has 1 saturated heterocycles. The molecule has 208 valence electrons. The van der Waals surface area contributed by atoms with E-state index in [1.54, 1.807) is 29.7 Å². The van der Waals surface area contributed by atoms with Crippen molar-refractivity contribution in [2.75, 3.05) is 32.0 Å². The Labute approximate surface area is 247 Å². The molecular formula is C29H31ClN6O2S2. The van der Waals surface area contributed by atoms with Crippen LogP contribution >= 0.6 is 35.1 Å². The number of halogens is 1. The van der Waals surface area contributed by atoms with E-state index in [0.29, 0.717) is 5.75 Å². The third-order valence-corrected chi connectivity index (χ3v) is 9.35. The number of aliphatic imine (C=N–C) groups is 1. The molecule has 4 N–H and O–H groups in total. The monoisotopic (exact) mass is 594 g/mol. The molecule has 0 aliphatic carbocycles. The van der Waals surface area contributed by atoms with Gasteiger partial charge < -0.3 is 26.1 Å². The molecule has 2 unspecified atom stereocenters. The maximum absolute atomic E-state index is 10.4. The molecule has 0 aromatic heterocycles. The van der Waals surface area contributed by atoms with Gasteiger partial charge in [-0.3, -0.25) is 0 Å². The van der Waals surface area contributed by atoms with E-state index < -0.39 is 0 Å². The molecule has 0 amide bonds. The summed E-state index contributed by atoms with van der Waals surface area (Å²) in [4.78, 5) is 17.9. The van der Waals surface area contributed by atoms with Gasteiger partial charge in [-0.1, -0.05) is 41.0 Å². The Bertz CT molecular complexity index is 1350. The van der Waals surface area contributed by atoms with Crippen LogP contribution in [0.5, 0.6) is 5.75 Å². The van der Waals surface area contributed by atoms with Crippen molar-refractivity contribution in [3.05, 3.63) is 98.0 Å². The fourth-order valence-corrected chi connectivity index (χ4v) is 7.18. The number of amidine groups is 1. The minimum absolute atomic E-state index is 0.101. The van der Waals surface area contributed by atoms with Gasteiger partial charge in [0.1, 0.15) is 35.5 Å². The van der Waals surface area contributed by atoms with Gasteiger partial charge >= 0.3 is 0 Å². The second-order valence-electron chi connectivity index (χ2n) is 9.45. The second kappa shape index (κ2) is 13.4. The molecular weight excluding hydrogens is 564 g/mol. The number of likely N-dealkylation sites (tertiary alicyclic amines) is 1. The molecule has 0 saturated carbocycles. The lowest BCUT2D eigenvalue weighted by atomic mass is 9.90. The molecule has 3 aliphatic rings. The highest BCUT2D eigenvalue weighted by Gasteiger charge is 2.32. The van der Waals surface area contributed by atoms with Crippen LogP contribution in [0.1, 0.15) is 29.3 Å². The number of nitroso groups, excluding NO2 is 1. The van der Waals surface area contributed by atoms with Crippen LogP contribution in [0.3, 0.4) is 0 Å². The van der Waals surface area contributed by atoms with Crippen LogP contribution in [-0.2, 0) is 0 Å². The number of nitrogens with one attached hydrogen (secondary N) is 2. The van der Waals surface area contributed by atoms with E-state index in [2.05, 4.69) is 20.8 Å². The zero-order chi connectivity index (χ0) is 27.9. The third-order valence-electron chi connectivity index (χ3n) is 6.86. The van der Waals surface area contributed by atoms with Gasteiger partial charge in [-0.2, -0.15) is 4.91 Å². The van der Waals surface area contributed by atoms with Crippen molar-refractivity contribution in [2.45, 2.75) is 23.6 Å². The lowest BCUT2D eigenvalue weighted by Gasteiger charge is -2.32. The Kier molecular flexibility index (Phi) is 9.51. The molecule has 11 heteroatoms. The highest BCUT2D eigenvalue weighted by Crippen LogP contribution is 2.41. The van der Waals surface area contributed by atoms with E-state index in [1.807, 2.05) is 48.5 Å². The molecule has 2 aromatic rings. The summed E-state index contributed by atoms with van der Waals surface area (Å²) in [5, 5.41) is 17.6. The van der Waals surface area contributed by atoms with Crippen LogP contribution in [0.15, 0.2) is 87.2 Å².